The predicted molar refractivity (Wildman–Crippen MR) is 111 cm³/mol. The molecular weight excluding hydrogens is 352 g/mol. The highest BCUT2D eigenvalue weighted by atomic mass is 17.2. The van der Waals surface area contributed by atoms with Crippen molar-refractivity contribution in [2.75, 3.05) is 0 Å². The van der Waals surface area contributed by atoms with Gasteiger partial charge in [-0.25, -0.2) is 9.78 Å². The van der Waals surface area contributed by atoms with Gasteiger partial charge in [-0.15, -0.1) is 0 Å². The molecule has 0 aromatic carbocycles. The Morgan fingerprint density at radius 2 is 1.96 bits per heavy atom. The van der Waals surface area contributed by atoms with E-state index in [4.69, 9.17) is 9.78 Å². The number of fused-ring (bicyclic) bond motifs is 1. The van der Waals surface area contributed by atoms with Crippen LogP contribution in [0.2, 0.25) is 0 Å². The molecule has 0 unspecified atom stereocenters. The maximum absolute atomic E-state index is 11.2. The lowest BCUT2D eigenvalue weighted by molar-refractivity contribution is -0.411. The van der Waals surface area contributed by atoms with E-state index in [1.165, 1.54) is 24.0 Å². The molecule has 2 aliphatic carbocycles. The third-order valence-corrected chi connectivity index (χ3v) is 8.04. The maximum atomic E-state index is 11.2. The van der Waals surface area contributed by atoms with Gasteiger partial charge in [0.25, 0.3) is 0 Å². The number of hydrogen-bond acceptors (Lipinski definition) is 3. The van der Waals surface area contributed by atoms with Gasteiger partial charge in [0.2, 0.25) is 0 Å². The molecule has 4 nitrogen and oxygen atoms in total. The summed E-state index contributed by atoms with van der Waals surface area (Å²) >= 11 is 0. The monoisotopic (exact) mass is 390 g/mol. The first-order valence-electron chi connectivity index (χ1n) is 10.9. The third kappa shape index (κ3) is 4.23. The number of hydrogen-bond donors (Lipinski definition) is 1. The quantitative estimate of drug-likeness (QED) is 0.467. The molecule has 3 rings (SSSR count). The van der Waals surface area contributed by atoms with E-state index in [-0.39, 0.29) is 17.1 Å². The zero-order valence-corrected chi connectivity index (χ0v) is 18.1. The summed E-state index contributed by atoms with van der Waals surface area (Å²) in [5.41, 5.74) is 2.70. The van der Waals surface area contributed by atoms with E-state index in [1.807, 2.05) is 0 Å². The lowest BCUT2D eigenvalue weighted by Crippen LogP contribution is -2.46. The van der Waals surface area contributed by atoms with Crippen molar-refractivity contribution in [3.8, 4) is 0 Å². The second-order valence-corrected chi connectivity index (χ2v) is 10.5. The fourth-order valence-electron chi connectivity index (χ4n) is 6.07. The van der Waals surface area contributed by atoms with E-state index in [0.29, 0.717) is 11.8 Å². The summed E-state index contributed by atoms with van der Waals surface area (Å²) in [6.07, 6.45) is 7.89. The molecular formula is C24H38O4. The largest absolute Gasteiger partial charge is 0.481 e. The fourth-order valence-corrected chi connectivity index (χ4v) is 6.07. The van der Waals surface area contributed by atoms with Crippen LogP contribution in [0.3, 0.4) is 0 Å². The molecule has 158 valence electrons. The maximum Gasteiger partial charge on any atom is 0.308 e. The Labute approximate surface area is 170 Å². The van der Waals surface area contributed by atoms with Gasteiger partial charge < -0.3 is 5.11 Å². The summed E-state index contributed by atoms with van der Waals surface area (Å²) in [5, 5.41) is 9.19. The Hall–Kier alpha value is -1.13. The second-order valence-electron chi connectivity index (χ2n) is 10.5. The summed E-state index contributed by atoms with van der Waals surface area (Å²) in [5.74, 6) is 0.576. The van der Waals surface area contributed by atoms with Crippen molar-refractivity contribution in [2.45, 2.75) is 90.8 Å². The highest BCUT2D eigenvalue weighted by Gasteiger charge is 2.48. The van der Waals surface area contributed by atoms with Gasteiger partial charge in [-0.3, -0.25) is 4.79 Å². The van der Waals surface area contributed by atoms with Crippen molar-refractivity contribution < 1.29 is 19.7 Å². The highest BCUT2D eigenvalue weighted by molar-refractivity contribution is 5.70. The first-order valence-corrected chi connectivity index (χ1v) is 10.9. The Morgan fingerprint density at radius 3 is 2.57 bits per heavy atom. The fraction of sp³-hybridized carbons (Fsp3) is 0.792. The molecule has 0 aromatic rings. The van der Waals surface area contributed by atoms with Crippen LogP contribution in [0.25, 0.3) is 0 Å². The lowest BCUT2D eigenvalue weighted by atomic mass is 9.52. The van der Waals surface area contributed by atoms with Crippen LogP contribution in [0.5, 0.6) is 0 Å². The van der Waals surface area contributed by atoms with Crippen molar-refractivity contribution in [3.05, 3.63) is 24.3 Å². The molecule has 28 heavy (non-hydrogen) atoms. The number of carbonyl (C=O) groups is 1. The molecule has 1 aliphatic heterocycles. The lowest BCUT2D eigenvalue weighted by Gasteiger charge is -2.53. The minimum Gasteiger partial charge on any atom is -0.481 e. The van der Waals surface area contributed by atoms with Crippen LogP contribution >= 0.6 is 0 Å². The molecule has 0 bridgehead atoms. The van der Waals surface area contributed by atoms with E-state index >= 15 is 0 Å². The molecule has 1 N–H and O–H groups in total. The smallest absolute Gasteiger partial charge is 0.308 e. The summed E-state index contributed by atoms with van der Waals surface area (Å²) < 4.78 is 0. The van der Waals surface area contributed by atoms with Crippen LogP contribution in [0.1, 0.15) is 79.1 Å². The first kappa shape index (κ1) is 21.6. The van der Waals surface area contributed by atoms with Gasteiger partial charge in [0.1, 0.15) is 11.7 Å². The molecule has 3 fully saturated rings. The molecule has 4 heteroatoms. The molecule has 3 aliphatic rings. The van der Waals surface area contributed by atoms with Gasteiger partial charge in [-0.2, -0.15) is 0 Å². The van der Waals surface area contributed by atoms with Crippen molar-refractivity contribution in [3.63, 3.8) is 0 Å². The van der Waals surface area contributed by atoms with Crippen molar-refractivity contribution >= 4 is 5.97 Å². The van der Waals surface area contributed by atoms with Gasteiger partial charge in [0.05, 0.1) is 5.92 Å². The van der Waals surface area contributed by atoms with Crippen molar-refractivity contribution in [1.29, 1.82) is 0 Å². The van der Waals surface area contributed by atoms with E-state index in [1.54, 1.807) is 6.92 Å². The average Bonchev–Trinajstić information content (AvgIpc) is 2.60. The second kappa shape index (κ2) is 7.95. The minimum atomic E-state index is -0.831. The number of carboxylic acid groups (broad SMARTS) is 1. The SMILES string of the molecule is C=C1CC[C@H]2[C@@H](C1)CC(=C)[C@@H](CC[C@@]1(C)CC[C@H]([C@@H](C)C(=O)O)OO1)C2(C)C. The van der Waals surface area contributed by atoms with Crippen LogP contribution in [0.15, 0.2) is 24.3 Å². The van der Waals surface area contributed by atoms with Gasteiger partial charge in [-0.1, -0.05) is 38.2 Å². The minimum absolute atomic E-state index is 0.243. The number of carboxylic acids is 1. The number of aliphatic carboxylic acids is 1. The molecule has 1 heterocycles. The van der Waals surface area contributed by atoms with Crippen LogP contribution in [0.4, 0.5) is 0 Å². The summed E-state index contributed by atoms with van der Waals surface area (Å²) in [6.45, 7) is 17.4. The Kier molecular flexibility index (Phi) is 6.12. The normalized spacial score (nSPS) is 39.3. The number of allylic oxidation sites excluding steroid dienone is 2. The van der Waals surface area contributed by atoms with Crippen LogP contribution < -0.4 is 0 Å². The van der Waals surface area contributed by atoms with Crippen molar-refractivity contribution in [1.82, 2.24) is 0 Å². The Balaban J connectivity index is 1.60. The molecule has 2 saturated carbocycles. The van der Waals surface area contributed by atoms with E-state index in [0.717, 1.165) is 44.4 Å². The molecule has 0 spiro atoms. The highest BCUT2D eigenvalue weighted by Crippen LogP contribution is 2.57. The number of rotatable bonds is 5. The van der Waals surface area contributed by atoms with E-state index in [2.05, 4.69) is 33.9 Å². The zero-order chi connectivity index (χ0) is 20.7. The predicted octanol–water partition coefficient (Wildman–Crippen LogP) is 5.93. The van der Waals surface area contributed by atoms with E-state index in [9.17, 15) is 9.90 Å². The van der Waals surface area contributed by atoms with E-state index < -0.39 is 11.9 Å². The Bertz CT molecular complexity index is 627. The standard InChI is InChI=1S/C24H38O4/c1-15-7-8-20-18(13-15)14-16(2)19(23(20,4)5)9-11-24(6)12-10-21(27-28-24)17(3)22(25)26/h17-21H,1-2,7-14H2,3-6H3,(H,25,26)/t17-,18+,19-,20+,21-,24+/m1/s1. The van der Waals surface area contributed by atoms with Crippen molar-refractivity contribution in [2.24, 2.45) is 29.1 Å². The summed E-state index contributed by atoms with van der Waals surface area (Å²) in [6, 6.07) is 0. The van der Waals surface area contributed by atoms with Crippen LogP contribution in [0, 0.1) is 29.1 Å². The van der Waals surface area contributed by atoms with Crippen LogP contribution in [-0.4, -0.2) is 22.8 Å². The summed E-state index contributed by atoms with van der Waals surface area (Å²) in [7, 11) is 0. The third-order valence-electron chi connectivity index (χ3n) is 8.04. The van der Waals surface area contributed by atoms with Crippen LogP contribution in [-0.2, 0) is 14.6 Å². The van der Waals surface area contributed by atoms with Gasteiger partial charge in [0, 0.05) is 0 Å². The topological polar surface area (TPSA) is 55.8 Å². The molecule has 1 saturated heterocycles. The van der Waals surface area contributed by atoms with Gasteiger partial charge in [0.15, 0.2) is 0 Å². The molecule has 0 radical (unpaired) electrons. The summed E-state index contributed by atoms with van der Waals surface area (Å²) in [4.78, 5) is 22.5. The average molecular weight is 391 g/mol. The molecule has 0 amide bonds. The molecule has 6 atom stereocenters. The first-order chi connectivity index (χ1) is 13.0. The van der Waals surface area contributed by atoms with Gasteiger partial charge in [-0.05, 0) is 88.4 Å². The Morgan fingerprint density at radius 1 is 1.25 bits per heavy atom. The zero-order valence-electron chi connectivity index (χ0n) is 18.1. The van der Waals surface area contributed by atoms with Gasteiger partial charge >= 0.3 is 5.97 Å². The molecule has 0 aromatic heterocycles.